The molecule has 0 saturated heterocycles. The summed E-state index contributed by atoms with van der Waals surface area (Å²) in [7, 11) is -3.96. The molecule has 7 heteroatoms. The van der Waals surface area contributed by atoms with Crippen LogP contribution >= 0.6 is 0 Å². The smallest absolute Gasteiger partial charge is 0.273 e. The molecular formula is C14H13N3O3S. The molecule has 21 heavy (non-hydrogen) atoms. The molecule has 1 aliphatic heterocycles. The number of hydrogen-bond donors (Lipinski definition) is 0. The number of aromatic nitrogens is 2. The Balaban J connectivity index is 2.20. The zero-order valence-electron chi connectivity index (χ0n) is 11.6. The predicted molar refractivity (Wildman–Crippen MR) is 76.3 cm³/mol. The van der Waals surface area contributed by atoms with Gasteiger partial charge >= 0.3 is 0 Å². The maximum Gasteiger partial charge on any atom is 0.273 e. The predicted octanol–water partition coefficient (Wildman–Crippen LogP) is 1.37. The van der Waals surface area contributed by atoms with Crippen molar-refractivity contribution < 1.29 is 13.2 Å². The monoisotopic (exact) mass is 303 g/mol. The molecule has 0 bridgehead atoms. The van der Waals surface area contributed by atoms with E-state index in [9.17, 15) is 13.2 Å². The number of pyridine rings is 2. The Morgan fingerprint density at radius 2 is 1.95 bits per heavy atom. The average molecular weight is 303 g/mol. The first kappa shape index (κ1) is 13.7. The van der Waals surface area contributed by atoms with Crippen molar-refractivity contribution in [1.29, 1.82) is 0 Å². The lowest BCUT2D eigenvalue weighted by Gasteiger charge is -2.26. The number of amides is 1. The molecule has 0 radical (unpaired) electrons. The number of rotatable bonds is 1. The van der Waals surface area contributed by atoms with Crippen LogP contribution in [-0.2, 0) is 21.2 Å². The molecule has 1 amide bonds. The van der Waals surface area contributed by atoms with Crippen molar-refractivity contribution in [3.05, 3.63) is 47.4 Å². The van der Waals surface area contributed by atoms with Crippen molar-refractivity contribution >= 4 is 21.7 Å². The second kappa shape index (κ2) is 4.63. The molecule has 0 aromatic carbocycles. The van der Waals surface area contributed by atoms with E-state index in [1.165, 1.54) is 18.3 Å². The van der Waals surface area contributed by atoms with Crippen LogP contribution in [0.4, 0.5) is 5.82 Å². The topological polar surface area (TPSA) is 80.2 Å². The van der Waals surface area contributed by atoms with Crippen LogP contribution in [0, 0.1) is 13.8 Å². The van der Waals surface area contributed by atoms with Crippen LogP contribution in [-0.4, -0.2) is 24.3 Å². The summed E-state index contributed by atoms with van der Waals surface area (Å²) in [6.45, 7) is 3.65. The van der Waals surface area contributed by atoms with Crippen molar-refractivity contribution in [2.75, 3.05) is 4.31 Å². The molecule has 0 aliphatic carbocycles. The molecule has 0 saturated carbocycles. The van der Waals surface area contributed by atoms with Gasteiger partial charge in [0.1, 0.15) is 4.90 Å². The van der Waals surface area contributed by atoms with Gasteiger partial charge in [0, 0.05) is 11.9 Å². The summed E-state index contributed by atoms with van der Waals surface area (Å²) < 4.78 is 26.0. The number of anilines is 1. The van der Waals surface area contributed by atoms with Gasteiger partial charge in [-0.05, 0) is 37.6 Å². The molecule has 2 aromatic rings. The van der Waals surface area contributed by atoms with E-state index in [1.54, 1.807) is 19.1 Å². The van der Waals surface area contributed by atoms with E-state index in [-0.39, 0.29) is 22.8 Å². The molecule has 6 nitrogen and oxygen atoms in total. The van der Waals surface area contributed by atoms with E-state index in [0.717, 1.165) is 9.87 Å². The molecule has 0 N–H and O–H groups in total. The van der Waals surface area contributed by atoms with Crippen LogP contribution < -0.4 is 4.31 Å². The summed E-state index contributed by atoms with van der Waals surface area (Å²) >= 11 is 0. The van der Waals surface area contributed by atoms with Crippen LogP contribution in [0.25, 0.3) is 0 Å². The minimum atomic E-state index is -3.96. The van der Waals surface area contributed by atoms with Gasteiger partial charge in [-0.25, -0.2) is 13.4 Å². The van der Waals surface area contributed by atoms with Crippen LogP contribution in [0.15, 0.2) is 35.4 Å². The Morgan fingerprint density at radius 1 is 1.19 bits per heavy atom. The maximum absolute atomic E-state index is 12.6. The van der Waals surface area contributed by atoms with E-state index < -0.39 is 15.9 Å². The van der Waals surface area contributed by atoms with Crippen LogP contribution in [0.1, 0.15) is 17.0 Å². The highest BCUT2D eigenvalue weighted by molar-refractivity contribution is 7.93. The summed E-state index contributed by atoms with van der Waals surface area (Å²) in [6.07, 6.45) is 1.43. The lowest BCUT2D eigenvalue weighted by Crippen LogP contribution is -2.43. The highest BCUT2D eigenvalue weighted by atomic mass is 32.2. The second-order valence-electron chi connectivity index (χ2n) is 4.86. The van der Waals surface area contributed by atoms with Crippen LogP contribution in [0.3, 0.4) is 0 Å². The number of carbonyl (C=O) groups excluding carboxylic acids is 1. The highest BCUT2D eigenvalue weighted by Crippen LogP contribution is 2.29. The Bertz CT molecular complexity index is 846. The minimum Gasteiger partial charge on any atom is -0.273 e. The Hall–Kier alpha value is -2.28. The van der Waals surface area contributed by atoms with Gasteiger partial charge in [0.15, 0.2) is 5.82 Å². The highest BCUT2D eigenvalue weighted by Gasteiger charge is 2.39. The zero-order valence-corrected chi connectivity index (χ0v) is 12.4. The molecule has 0 atom stereocenters. The van der Waals surface area contributed by atoms with E-state index in [2.05, 4.69) is 9.97 Å². The molecular weight excluding hydrogens is 290 g/mol. The number of aryl methyl sites for hydroxylation is 2. The third-order valence-corrected chi connectivity index (χ3v) is 5.25. The molecule has 0 fully saturated rings. The van der Waals surface area contributed by atoms with Gasteiger partial charge in [0.25, 0.3) is 10.0 Å². The van der Waals surface area contributed by atoms with Gasteiger partial charge in [0.05, 0.1) is 12.1 Å². The fraction of sp³-hybridized carbons (Fsp3) is 0.214. The van der Waals surface area contributed by atoms with Gasteiger partial charge in [-0.15, -0.1) is 0 Å². The SMILES string of the molecule is Cc1ccc(N2C(=O)Cc3ncccc3S2(=O)=O)nc1C. The number of carbonyl (C=O) groups is 1. The van der Waals surface area contributed by atoms with Crippen LogP contribution in [0.2, 0.25) is 0 Å². The molecule has 3 heterocycles. The van der Waals surface area contributed by atoms with Gasteiger partial charge in [-0.2, -0.15) is 4.31 Å². The number of fused-ring (bicyclic) bond motifs is 1. The summed E-state index contributed by atoms with van der Waals surface area (Å²) in [4.78, 5) is 20.5. The normalized spacial score (nSPS) is 16.7. The first-order valence-corrected chi connectivity index (χ1v) is 7.81. The Morgan fingerprint density at radius 3 is 2.67 bits per heavy atom. The van der Waals surface area contributed by atoms with Gasteiger partial charge < -0.3 is 0 Å². The number of nitrogens with zero attached hydrogens (tertiary/aromatic N) is 3. The maximum atomic E-state index is 12.6. The van der Waals surface area contributed by atoms with Gasteiger partial charge in [0.2, 0.25) is 5.91 Å². The molecule has 108 valence electrons. The first-order valence-electron chi connectivity index (χ1n) is 6.37. The fourth-order valence-electron chi connectivity index (χ4n) is 2.22. The summed E-state index contributed by atoms with van der Waals surface area (Å²) in [5.74, 6) is -0.422. The van der Waals surface area contributed by atoms with Crippen molar-refractivity contribution in [2.24, 2.45) is 0 Å². The summed E-state index contributed by atoms with van der Waals surface area (Å²) in [5, 5.41) is 0. The first-order chi connectivity index (χ1) is 9.91. The summed E-state index contributed by atoms with van der Waals surface area (Å²) in [5.41, 5.74) is 1.90. The quantitative estimate of drug-likeness (QED) is 0.795. The molecule has 3 rings (SSSR count). The molecule has 2 aromatic heterocycles. The fourth-order valence-corrected chi connectivity index (χ4v) is 3.77. The molecule has 0 spiro atoms. The van der Waals surface area contributed by atoms with E-state index in [1.807, 2.05) is 6.92 Å². The minimum absolute atomic E-state index is 0.0516. The van der Waals surface area contributed by atoms with Gasteiger partial charge in [-0.3, -0.25) is 9.78 Å². The second-order valence-corrected chi connectivity index (χ2v) is 6.62. The van der Waals surface area contributed by atoms with Crippen LogP contribution in [0.5, 0.6) is 0 Å². The van der Waals surface area contributed by atoms with Crippen molar-refractivity contribution in [1.82, 2.24) is 9.97 Å². The molecule has 0 unspecified atom stereocenters. The van der Waals surface area contributed by atoms with Gasteiger partial charge in [-0.1, -0.05) is 6.07 Å². The van der Waals surface area contributed by atoms with Crippen molar-refractivity contribution in [3.63, 3.8) is 0 Å². The third-order valence-electron chi connectivity index (χ3n) is 3.46. The lowest BCUT2D eigenvalue weighted by molar-refractivity contribution is -0.117. The van der Waals surface area contributed by atoms with E-state index in [4.69, 9.17) is 0 Å². The lowest BCUT2D eigenvalue weighted by atomic mass is 10.2. The summed E-state index contributed by atoms with van der Waals surface area (Å²) in [6, 6.07) is 6.29. The number of hydrogen-bond acceptors (Lipinski definition) is 5. The van der Waals surface area contributed by atoms with E-state index in [0.29, 0.717) is 5.69 Å². The third kappa shape index (κ3) is 2.09. The standard InChI is InChI=1S/C14H13N3O3S/c1-9-5-6-13(16-10(9)2)17-14(18)8-11-12(21(17,19)20)4-3-7-15-11/h3-7H,8H2,1-2H3. The zero-order chi connectivity index (χ0) is 15.2. The Kier molecular flexibility index (Phi) is 3.02. The number of sulfonamides is 1. The largest absolute Gasteiger partial charge is 0.273 e. The van der Waals surface area contributed by atoms with Crippen molar-refractivity contribution in [2.45, 2.75) is 25.2 Å². The van der Waals surface area contributed by atoms with E-state index >= 15 is 0 Å². The van der Waals surface area contributed by atoms with Crippen molar-refractivity contribution in [3.8, 4) is 0 Å². The average Bonchev–Trinajstić information content (AvgIpc) is 2.42. The molecule has 1 aliphatic rings. The Labute approximate surface area is 122 Å².